The largest absolute Gasteiger partial charge is 0.493 e. The van der Waals surface area contributed by atoms with Gasteiger partial charge in [-0.1, -0.05) is 47.6 Å². The molecule has 0 saturated heterocycles. The van der Waals surface area contributed by atoms with Gasteiger partial charge >= 0.3 is 0 Å². The summed E-state index contributed by atoms with van der Waals surface area (Å²) in [4.78, 5) is 22.3. The highest BCUT2D eigenvalue weighted by Crippen LogP contribution is 2.57. The van der Waals surface area contributed by atoms with E-state index in [1.807, 2.05) is 13.8 Å². The molecule has 0 bridgehead atoms. The summed E-state index contributed by atoms with van der Waals surface area (Å²) < 4.78 is 48.5. The summed E-state index contributed by atoms with van der Waals surface area (Å²) in [5, 5.41) is -0.360. The Labute approximate surface area is 235 Å². The van der Waals surface area contributed by atoms with Crippen molar-refractivity contribution in [2.45, 2.75) is 64.8 Å². The van der Waals surface area contributed by atoms with E-state index in [9.17, 15) is 17.6 Å². The number of ether oxygens (including phenoxy) is 1. The van der Waals surface area contributed by atoms with E-state index in [1.165, 1.54) is 30.3 Å². The zero-order valence-corrected chi connectivity index (χ0v) is 24.6. The number of amides is 1. The third-order valence-corrected chi connectivity index (χ3v) is 9.62. The van der Waals surface area contributed by atoms with Crippen LogP contribution in [0.1, 0.15) is 70.4 Å². The zero-order chi connectivity index (χ0) is 29.5. The molecular formula is C30H37FN4O4S. The summed E-state index contributed by atoms with van der Waals surface area (Å²) in [6, 6.07) is 11.7. The fourth-order valence-electron chi connectivity index (χ4n) is 5.25. The van der Waals surface area contributed by atoms with Crippen LogP contribution in [0.2, 0.25) is 0 Å². The third kappa shape index (κ3) is 5.68. The van der Waals surface area contributed by atoms with E-state index >= 15 is 0 Å². The number of nitrogen functional groups attached to an aromatic ring is 1. The number of rotatable bonds is 8. The monoisotopic (exact) mass is 568 g/mol. The van der Waals surface area contributed by atoms with Crippen molar-refractivity contribution in [3.63, 3.8) is 0 Å². The quantitative estimate of drug-likeness (QED) is 0.355. The number of benzene rings is 1. The molecule has 0 spiro atoms. The van der Waals surface area contributed by atoms with Crippen LogP contribution in [-0.4, -0.2) is 30.9 Å². The Morgan fingerprint density at radius 2 is 1.88 bits per heavy atom. The smallest absolute Gasteiger partial charge is 0.281 e. The Balaban J connectivity index is 1.81. The van der Waals surface area contributed by atoms with Crippen molar-refractivity contribution in [3.8, 4) is 17.0 Å². The van der Waals surface area contributed by atoms with Crippen LogP contribution < -0.4 is 15.2 Å². The SMILES string of the molecule is CC(C)COc1cc(F)cc(-c2ccc(C(=O)NS(=O)(=O)c3cccc(N)n3)c(C3(C)CCC(C)C3(C)C)n2)c1. The second kappa shape index (κ2) is 10.8. The molecule has 0 aliphatic heterocycles. The van der Waals surface area contributed by atoms with Gasteiger partial charge in [0.05, 0.1) is 23.6 Å². The van der Waals surface area contributed by atoms with E-state index in [0.29, 0.717) is 35.2 Å². The molecule has 10 heteroatoms. The van der Waals surface area contributed by atoms with Crippen molar-refractivity contribution in [2.24, 2.45) is 17.3 Å². The van der Waals surface area contributed by atoms with Crippen LogP contribution in [0, 0.1) is 23.1 Å². The molecule has 214 valence electrons. The van der Waals surface area contributed by atoms with E-state index in [4.69, 9.17) is 15.5 Å². The van der Waals surface area contributed by atoms with E-state index in [-0.39, 0.29) is 27.7 Å². The summed E-state index contributed by atoms with van der Waals surface area (Å²) in [5.74, 6) is -0.305. The first-order valence-corrected chi connectivity index (χ1v) is 14.9. The van der Waals surface area contributed by atoms with Crippen LogP contribution in [0.15, 0.2) is 53.6 Å². The fourth-order valence-corrected chi connectivity index (χ4v) is 6.19. The lowest BCUT2D eigenvalue weighted by atomic mass is 9.63. The average molecular weight is 569 g/mol. The molecule has 1 fully saturated rings. The minimum Gasteiger partial charge on any atom is -0.493 e. The summed E-state index contributed by atoms with van der Waals surface area (Å²) in [6.07, 6.45) is 1.66. The Hall–Kier alpha value is -3.53. The first-order chi connectivity index (χ1) is 18.6. The highest BCUT2D eigenvalue weighted by atomic mass is 32.2. The first kappa shape index (κ1) is 29.5. The maximum absolute atomic E-state index is 14.6. The van der Waals surface area contributed by atoms with Gasteiger partial charge in [0.15, 0.2) is 5.03 Å². The van der Waals surface area contributed by atoms with E-state index in [0.717, 1.165) is 12.8 Å². The molecular weight excluding hydrogens is 531 g/mol. The van der Waals surface area contributed by atoms with Crippen molar-refractivity contribution >= 4 is 21.7 Å². The van der Waals surface area contributed by atoms with Gasteiger partial charge in [0, 0.05) is 17.0 Å². The Morgan fingerprint density at radius 1 is 1.15 bits per heavy atom. The van der Waals surface area contributed by atoms with Gasteiger partial charge < -0.3 is 10.5 Å². The lowest BCUT2D eigenvalue weighted by Crippen LogP contribution is -2.41. The maximum Gasteiger partial charge on any atom is 0.281 e. The molecule has 3 aromatic rings. The molecule has 8 nitrogen and oxygen atoms in total. The van der Waals surface area contributed by atoms with Crippen LogP contribution in [0.5, 0.6) is 5.75 Å². The third-order valence-electron chi connectivity index (χ3n) is 8.39. The number of carbonyl (C=O) groups excluding carboxylic acids is 1. The van der Waals surface area contributed by atoms with Gasteiger partial charge in [-0.05, 0) is 66.5 Å². The van der Waals surface area contributed by atoms with Crippen molar-refractivity contribution in [1.29, 1.82) is 0 Å². The number of aromatic nitrogens is 2. The van der Waals surface area contributed by atoms with E-state index < -0.39 is 27.2 Å². The highest BCUT2D eigenvalue weighted by molar-refractivity contribution is 7.90. The number of pyridine rings is 2. The molecule has 2 aromatic heterocycles. The minimum atomic E-state index is -4.30. The fraction of sp³-hybridized carbons (Fsp3) is 0.433. The molecule has 1 aromatic carbocycles. The van der Waals surface area contributed by atoms with Gasteiger partial charge in [-0.15, -0.1) is 0 Å². The van der Waals surface area contributed by atoms with Gasteiger partial charge in [-0.2, -0.15) is 8.42 Å². The second-order valence-electron chi connectivity index (χ2n) is 11.8. The predicted molar refractivity (Wildman–Crippen MR) is 153 cm³/mol. The number of carbonyl (C=O) groups is 1. The molecule has 2 atom stereocenters. The van der Waals surface area contributed by atoms with Crippen LogP contribution in [0.25, 0.3) is 11.3 Å². The van der Waals surface area contributed by atoms with Crippen molar-refractivity contribution in [2.75, 3.05) is 12.3 Å². The molecule has 4 rings (SSSR count). The summed E-state index contributed by atoms with van der Waals surface area (Å²) >= 11 is 0. The van der Waals surface area contributed by atoms with Gasteiger partial charge in [0.25, 0.3) is 15.9 Å². The number of halogens is 1. The molecule has 1 aliphatic carbocycles. The number of sulfonamides is 1. The number of nitrogens with one attached hydrogen (secondary N) is 1. The zero-order valence-electron chi connectivity index (χ0n) is 23.8. The van der Waals surface area contributed by atoms with Gasteiger partial charge in [0.1, 0.15) is 17.4 Å². The van der Waals surface area contributed by atoms with Crippen molar-refractivity contribution < 1.29 is 22.3 Å². The van der Waals surface area contributed by atoms with Crippen LogP contribution in [0.3, 0.4) is 0 Å². The van der Waals surface area contributed by atoms with Crippen LogP contribution >= 0.6 is 0 Å². The lowest BCUT2D eigenvalue weighted by Gasteiger charge is -2.41. The summed E-state index contributed by atoms with van der Waals surface area (Å²) in [7, 11) is -4.30. The predicted octanol–water partition coefficient (Wildman–Crippen LogP) is 5.73. The second-order valence-corrected chi connectivity index (χ2v) is 13.4. The molecule has 1 aliphatic rings. The number of nitrogens with two attached hydrogens (primary N) is 1. The standard InChI is InChI=1S/C30H37FN4O4S/c1-18(2)17-39-22-15-20(14-21(31)16-22)24-11-10-23(27(33-24)30(6)13-12-19(3)29(30,4)5)28(36)35-40(37,38)26-9-7-8-25(32)34-26/h7-11,14-16,18-19H,12-13,17H2,1-6H3,(H2,32,34)(H,35,36). The highest BCUT2D eigenvalue weighted by Gasteiger charge is 2.52. The number of anilines is 1. The number of hydrogen-bond acceptors (Lipinski definition) is 7. The van der Waals surface area contributed by atoms with Crippen molar-refractivity contribution in [1.82, 2.24) is 14.7 Å². The summed E-state index contributed by atoms with van der Waals surface area (Å²) in [6.45, 7) is 12.9. The molecule has 40 heavy (non-hydrogen) atoms. The number of nitrogens with zero attached hydrogens (tertiary/aromatic N) is 2. The van der Waals surface area contributed by atoms with Gasteiger partial charge in [0.2, 0.25) is 0 Å². The normalized spacial score (nSPS) is 20.4. The molecule has 2 heterocycles. The topological polar surface area (TPSA) is 124 Å². The molecule has 1 amide bonds. The summed E-state index contributed by atoms with van der Waals surface area (Å²) in [5.41, 5.74) is 6.36. The van der Waals surface area contributed by atoms with Crippen LogP contribution in [0.4, 0.5) is 10.2 Å². The average Bonchev–Trinajstić information content (AvgIpc) is 3.09. The van der Waals surface area contributed by atoms with Crippen LogP contribution in [-0.2, 0) is 15.4 Å². The molecule has 2 unspecified atom stereocenters. The maximum atomic E-state index is 14.6. The Bertz CT molecular complexity index is 1540. The Morgan fingerprint density at radius 3 is 2.50 bits per heavy atom. The lowest BCUT2D eigenvalue weighted by molar-refractivity contribution is 0.0972. The first-order valence-electron chi connectivity index (χ1n) is 13.4. The van der Waals surface area contributed by atoms with Crippen molar-refractivity contribution in [3.05, 3.63) is 65.6 Å². The minimum absolute atomic E-state index is 0.0167. The molecule has 0 radical (unpaired) electrons. The number of hydrogen-bond donors (Lipinski definition) is 2. The van der Waals surface area contributed by atoms with Gasteiger partial charge in [-0.25, -0.2) is 14.1 Å². The molecule has 3 N–H and O–H groups in total. The van der Waals surface area contributed by atoms with Gasteiger partial charge in [-0.3, -0.25) is 9.78 Å². The van der Waals surface area contributed by atoms with E-state index in [1.54, 1.807) is 18.2 Å². The van der Waals surface area contributed by atoms with E-state index in [2.05, 4.69) is 37.4 Å². The Kier molecular flexibility index (Phi) is 7.95. The molecule has 1 saturated carbocycles.